The van der Waals surface area contributed by atoms with E-state index in [0.29, 0.717) is 12.0 Å². The van der Waals surface area contributed by atoms with Gasteiger partial charge in [-0.15, -0.1) is 0 Å². The molecule has 3 rings (SSSR count). The molecular weight excluding hydrogens is 306 g/mol. The van der Waals surface area contributed by atoms with Gasteiger partial charge < -0.3 is 4.90 Å². The number of nitrogens with zero attached hydrogens (tertiary/aromatic N) is 5. The summed E-state index contributed by atoms with van der Waals surface area (Å²) >= 11 is 3.42. The van der Waals surface area contributed by atoms with Crippen LogP contribution in [0.3, 0.4) is 0 Å². The van der Waals surface area contributed by atoms with Crippen molar-refractivity contribution in [2.24, 2.45) is 0 Å². The molecule has 0 amide bonds. The molecule has 5 nitrogen and oxygen atoms in total. The van der Waals surface area contributed by atoms with Gasteiger partial charge in [-0.25, -0.2) is 9.97 Å². The molecule has 100 valence electrons. The first-order valence-electron chi connectivity index (χ1n) is 6.41. The molecule has 19 heavy (non-hydrogen) atoms. The van der Waals surface area contributed by atoms with E-state index >= 15 is 0 Å². The van der Waals surface area contributed by atoms with Crippen LogP contribution < -0.4 is 4.90 Å². The highest BCUT2D eigenvalue weighted by molar-refractivity contribution is 9.10. The smallest absolute Gasteiger partial charge is 0.133 e. The first-order chi connectivity index (χ1) is 9.13. The summed E-state index contributed by atoms with van der Waals surface area (Å²) in [5.41, 5.74) is 0. The molecule has 1 saturated heterocycles. The minimum Gasteiger partial charge on any atom is -0.352 e. The van der Waals surface area contributed by atoms with E-state index in [1.54, 1.807) is 0 Å². The molecular formula is C13H16BrN5. The van der Waals surface area contributed by atoms with E-state index in [1.165, 1.54) is 0 Å². The van der Waals surface area contributed by atoms with Crippen molar-refractivity contribution in [3.63, 3.8) is 0 Å². The molecule has 3 heterocycles. The largest absolute Gasteiger partial charge is 0.352 e. The second kappa shape index (κ2) is 4.92. The van der Waals surface area contributed by atoms with Gasteiger partial charge in [-0.2, -0.15) is 5.10 Å². The Balaban J connectivity index is 1.68. The topological polar surface area (TPSA) is 46.8 Å². The van der Waals surface area contributed by atoms with Crippen molar-refractivity contribution in [3.05, 3.63) is 35.0 Å². The van der Waals surface area contributed by atoms with Gasteiger partial charge in [0.1, 0.15) is 11.6 Å². The Morgan fingerprint density at radius 1 is 1.37 bits per heavy atom. The van der Waals surface area contributed by atoms with Crippen molar-refractivity contribution in [3.8, 4) is 0 Å². The fourth-order valence-corrected chi connectivity index (χ4v) is 2.44. The van der Waals surface area contributed by atoms with Crippen molar-refractivity contribution >= 4 is 21.7 Å². The van der Waals surface area contributed by atoms with Crippen molar-refractivity contribution < 1.29 is 0 Å². The normalized spacial score (nSPS) is 15.9. The lowest BCUT2D eigenvalue weighted by Crippen LogP contribution is -2.48. The summed E-state index contributed by atoms with van der Waals surface area (Å²) < 4.78 is 3.03. The van der Waals surface area contributed by atoms with Crippen LogP contribution >= 0.6 is 15.9 Å². The van der Waals surface area contributed by atoms with Gasteiger partial charge in [-0.3, -0.25) is 4.68 Å². The van der Waals surface area contributed by atoms with E-state index in [1.807, 2.05) is 29.3 Å². The van der Waals surface area contributed by atoms with Crippen LogP contribution in [0.25, 0.3) is 0 Å². The van der Waals surface area contributed by atoms with Gasteiger partial charge in [0.15, 0.2) is 0 Å². The van der Waals surface area contributed by atoms with Crippen molar-refractivity contribution in [2.45, 2.75) is 25.8 Å². The molecule has 0 unspecified atom stereocenters. The maximum atomic E-state index is 4.60. The van der Waals surface area contributed by atoms with Gasteiger partial charge in [-0.05, 0) is 22.0 Å². The third kappa shape index (κ3) is 2.49. The second-order valence-electron chi connectivity index (χ2n) is 5.13. The molecule has 0 N–H and O–H groups in total. The molecule has 1 fully saturated rings. The highest BCUT2D eigenvalue weighted by atomic mass is 79.9. The van der Waals surface area contributed by atoms with Crippen molar-refractivity contribution in [1.82, 2.24) is 19.7 Å². The monoisotopic (exact) mass is 321 g/mol. The summed E-state index contributed by atoms with van der Waals surface area (Å²) in [4.78, 5) is 11.2. The maximum Gasteiger partial charge on any atom is 0.133 e. The van der Waals surface area contributed by atoms with E-state index in [9.17, 15) is 0 Å². The number of halogens is 1. The highest BCUT2D eigenvalue weighted by Gasteiger charge is 2.30. The van der Waals surface area contributed by atoms with Gasteiger partial charge in [0.2, 0.25) is 0 Å². The molecule has 0 spiro atoms. The summed E-state index contributed by atoms with van der Waals surface area (Å²) in [6.45, 7) is 6.12. The SMILES string of the molecule is CC(C)c1nccc(N2CC(n3cc(Br)cn3)C2)n1. The van der Waals surface area contributed by atoms with Crippen LogP contribution in [0.5, 0.6) is 0 Å². The first kappa shape index (κ1) is 12.6. The van der Waals surface area contributed by atoms with Gasteiger partial charge >= 0.3 is 0 Å². The number of rotatable bonds is 3. The van der Waals surface area contributed by atoms with E-state index in [4.69, 9.17) is 0 Å². The molecule has 0 saturated carbocycles. The minimum atomic E-state index is 0.360. The van der Waals surface area contributed by atoms with Crippen LogP contribution in [-0.2, 0) is 0 Å². The Kier molecular flexibility index (Phi) is 3.26. The van der Waals surface area contributed by atoms with Crippen LogP contribution in [0.2, 0.25) is 0 Å². The number of anilines is 1. The molecule has 1 aliphatic heterocycles. The average Bonchev–Trinajstić information content (AvgIpc) is 2.74. The van der Waals surface area contributed by atoms with Gasteiger partial charge in [0, 0.05) is 31.4 Å². The Morgan fingerprint density at radius 2 is 2.16 bits per heavy atom. The lowest BCUT2D eigenvalue weighted by molar-refractivity contribution is 0.365. The highest BCUT2D eigenvalue weighted by Crippen LogP contribution is 2.27. The predicted molar refractivity (Wildman–Crippen MR) is 77.3 cm³/mol. The lowest BCUT2D eigenvalue weighted by atomic mass is 10.1. The fourth-order valence-electron chi connectivity index (χ4n) is 2.14. The van der Waals surface area contributed by atoms with Gasteiger partial charge in [0.25, 0.3) is 0 Å². The zero-order valence-electron chi connectivity index (χ0n) is 11.0. The van der Waals surface area contributed by atoms with E-state index < -0.39 is 0 Å². The molecule has 0 atom stereocenters. The third-order valence-corrected chi connectivity index (χ3v) is 3.72. The summed E-state index contributed by atoms with van der Waals surface area (Å²) in [7, 11) is 0. The molecule has 2 aromatic heterocycles. The molecule has 0 bridgehead atoms. The minimum absolute atomic E-state index is 0.360. The van der Waals surface area contributed by atoms with E-state index in [0.717, 1.165) is 29.2 Å². The number of hydrogen-bond donors (Lipinski definition) is 0. The molecule has 0 aliphatic carbocycles. The zero-order chi connectivity index (χ0) is 13.4. The summed E-state index contributed by atoms with van der Waals surface area (Å²) in [6, 6.07) is 2.41. The van der Waals surface area contributed by atoms with Gasteiger partial charge in [-0.1, -0.05) is 13.8 Å². The average molecular weight is 322 g/mol. The summed E-state index contributed by atoms with van der Waals surface area (Å²) in [6.07, 6.45) is 5.68. The van der Waals surface area contributed by atoms with Crippen LogP contribution in [0.1, 0.15) is 31.6 Å². The maximum absolute atomic E-state index is 4.60. The number of hydrogen-bond acceptors (Lipinski definition) is 4. The molecule has 1 aliphatic rings. The second-order valence-corrected chi connectivity index (χ2v) is 6.04. The quantitative estimate of drug-likeness (QED) is 0.871. The standard InChI is InChI=1S/C13H16BrN5/c1-9(2)13-15-4-3-12(17-13)18-7-11(8-18)19-6-10(14)5-16-19/h3-6,9,11H,7-8H2,1-2H3. The van der Waals surface area contributed by atoms with E-state index in [-0.39, 0.29) is 0 Å². The van der Waals surface area contributed by atoms with Crippen LogP contribution in [-0.4, -0.2) is 32.8 Å². The lowest BCUT2D eigenvalue weighted by Gasteiger charge is -2.40. The first-order valence-corrected chi connectivity index (χ1v) is 7.20. The fraction of sp³-hybridized carbons (Fsp3) is 0.462. The molecule has 0 aromatic carbocycles. The van der Waals surface area contributed by atoms with Gasteiger partial charge in [0.05, 0.1) is 16.7 Å². The van der Waals surface area contributed by atoms with Crippen molar-refractivity contribution in [2.75, 3.05) is 18.0 Å². The Morgan fingerprint density at radius 3 is 2.79 bits per heavy atom. The predicted octanol–water partition coefficient (Wildman–Crippen LogP) is 2.62. The van der Waals surface area contributed by atoms with Crippen LogP contribution in [0, 0.1) is 0 Å². The third-order valence-electron chi connectivity index (χ3n) is 3.31. The molecule has 2 aromatic rings. The zero-order valence-corrected chi connectivity index (χ0v) is 12.6. The van der Waals surface area contributed by atoms with Crippen molar-refractivity contribution in [1.29, 1.82) is 0 Å². The number of aromatic nitrogens is 4. The molecule has 0 radical (unpaired) electrons. The summed E-state index contributed by atoms with van der Waals surface area (Å²) in [5, 5.41) is 4.32. The van der Waals surface area contributed by atoms with E-state index in [2.05, 4.69) is 49.7 Å². The molecule has 6 heteroatoms. The Hall–Kier alpha value is -1.43. The van der Waals surface area contributed by atoms with Crippen LogP contribution in [0.15, 0.2) is 29.1 Å². The Bertz CT molecular complexity index is 574. The Labute approximate surface area is 120 Å². The summed E-state index contributed by atoms with van der Waals surface area (Å²) in [5.74, 6) is 2.28. The van der Waals surface area contributed by atoms with Crippen LogP contribution in [0.4, 0.5) is 5.82 Å².